The fourth-order valence-corrected chi connectivity index (χ4v) is 6.13. The van der Waals surface area contributed by atoms with E-state index in [1.54, 1.807) is 0 Å². The van der Waals surface area contributed by atoms with Gasteiger partial charge in [-0.2, -0.15) is 25.3 Å². The van der Waals surface area contributed by atoms with Gasteiger partial charge < -0.3 is 0 Å². The van der Waals surface area contributed by atoms with Crippen molar-refractivity contribution in [2.45, 2.75) is 76.4 Å². The van der Waals surface area contributed by atoms with Crippen molar-refractivity contribution in [1.29, 1.82) is 0 Å². The van der Waals surface area contributed by atoms with Crippen molar-refractivity contribution in [3.05, 3.63) is 0 Å². The minimum Gasteiger partial charge on any atom is -0.179 e. The Kier molecular flexibility index (Phi) is 5.81. The molecule has 0 bridgehead atoms. The second-order valence-corrected chi connectivity index (χ2v) is 7.71. The molecule has 2 saturated carbocycles. The zero-order chi connectivity index (χ0) is 13.0. The van der Waals surface area contributed by atoms with E-state index in [9.17, 15) is 0 Å². The van der Waals surface area contributed by atoms with Crippen LogP contribution in [-0.4, -0.2) is 11.0 Å². The van der Waals surface area contributed by atoms with Gasteiger partial charge in [0.1, 0.15) is 0 Å². The molecule has 0 N–H and O–H groups in total. The summed E-state index contributed by atoms with van der Waals surface area (Å²) in [6, 6.07) is 0. The average molecular weight is 287 g/mol. The van der Waals surface area contributed by atoms with Crippen molar-refractivity contribution in [2.24, 2.45) is 17.3 Å². The Bertz CT molecular complexity index is 219. The average Bonchev–Trinajstić information content (AvgIpc) is 2.42. The summed E-state index contributed by atoms with van der Waals surface area (Å²) in [7, 11) is 0. The molecule has 18 heavy (non-hydrogen) atoms. The number of thiol groups is 2. The van der Waals surface area contributed by atoms with Crippen molar-refractivity contribution in [3.8, 4) is 0 Å². The largest absolute Gasteiger partial charge is 0.179 e. The molecule has 0 nitrogen and oxygen atoms in total. The van der Waals surface area contributed by atoms with E-state index >= 15 is 0 Å². The van der Waals surface area contributed by atoms with Crippen LogP contribution < -0.4 is 0 Å². The third kappa shape index (κ3) is 2.90. The summed E-state index contributed by atoms with van der Waals surface area (Å²) >= 11 is 9.74. The minimum absolute atomic E-state index is 0.410. The van der Waals surface area contributed by atoms with Crippen molar-refractivity contribution in [3.63, 3.8) is 0 Å². The van der Waals surface area contributed by atoms with Gasteiger partial charge in [-0.15, -0.1) is 0 Å². The molecule has 0 amide bonds. The van der Waals surface area contributed by atoms with Crippen LogP contribution >= 0.6 is 25.3 Å². The van der Waals surface area contributed by atoms with Crippen LogP contribution in [0.5, 0.6) is 0 Å². The second-order valence-electron chi connectivity index (χ2n) is 6.62. The zero-order valence-electron chi connectivity index (χ0n) is 11.9. The van der Waals surface area contributed by atoms with E-state index in [0.29, 0.717) is 10.7 Å². The highest BCUT2D eigenvalue weighted by atomic mass is 32.1. The van der Waals surface area contributed by atoms with Crippen LogP contribution in [0.1, 0.15) is 71.1 Å². The molecular weight excluding hydrogens is 256 g/mol. The maximum absolute atomic E-state index is 4.93. The topological polar surface area (TPSA) is 0 Å². The first-order chi connectivity index (χ1) is 8.71. The summed E-state index contributed by atoms with van der Waals surface area (Å²) in [5, 5.41) is 0.501. The lowest BCUT2D eigenvalue weighted by Crippen LogP contribution is -2.47. The highest BCUT2D eigenvalue weighted by molar-refractivity contribution is 7.81. The Labute approximate surface area is 125 Å². The van der Waals surface area contributed by atoms with Crippen molar-refractivity contribution < 1.29 is 0 Å². The van der Waals surface area contributed by atoms with Crippen LogP contribution in [0.3, 0.4) is 0 Å². The lowest BCUT2D eigenvalue weighted by Gasteiger charge is -2.51. The minimum atomic E-state index is 0.410. The molecule has 0 saturated heterocycles. The molecule has 106 valence electrons. The van der Waals surface area contributed by atoms with Crippen molar-refractivity contribution >= 4 is 25.3 Å². The van der Waals surface area contributed by atoms with E-state index in [-0.39, 0.29) is 0 Å². The van der Waals surface area contributed by atoms with E-state index in [2.05, 4.69) is 6.92 Å². The van der Waals surface area contributed by atoms with Gasteiger partial charge in [0.25, 0.3) is 0 Å². The summed E-state index contributed by atoms with van der Waals surface area (Å²) in [5.41, 5.74) is 0.410. The molecule has 0 aromatic carbocycles. The molecule has 0 aliphatic heterocycles. The van der Waals surface area contributed by atoms with Gasteiger partial charge in [-0.3, -0.25) is 0 Å². The van der Waals surface area contributed by atoms with E-state index < -0.39 is 0 Å². The lowest BCUT2D eigenvalue weighted by molar-refractivity contribution is 0.0474. The molecule has 1 atom stereocenters. The molecule has 0 spiro atoms. The van der Waals surface area contributed by atoms with Gasteiger partial charge in [0, 0.05) is 5.25 Å². The molecule has 0 aromatic heterocycles. The van der Waals surface area contributed by atoms with Crippen molar-refractivity contribution in [1.82, 2.24) is 0 Å². The summed E-state index contributed by atoms with van der Waals surface area (Å²) < 4.78 is 0. The van der Waals surface area contributed by atoms with E-state index in [0.717, 1.165) is 17.6 Å². The molecular formula is C16H30S2. The van der Waals surface area contributed by atoms with Crippen molar-refractivity contribution in [2.75, 3.05) is 5.75 Å². The third-order valence-electron chi connectivity index (χ3n) is 5.78. The summed E-state index contributed by atoms with van der Waals surface area (Å²) in [6.07, 6.45) is 14.4. The van der Waals surface area contributed by atoms with Gasteiger partial charge >= 0.3 is 0 Å². The van der Waals surface area contributed by atoms with Crippen LogP contribution in [0.2, 0.25) is 0 Å². The first-order valence-corrected chi connectivity index (χ1v) is 9.15. The first-order valence-electron chi connectivity index (χ1n) is 8.00. The monoisotopic (exact) mass is 286 g/mol. The summed E-state index contributed by atoms with van der Waals surface area (Å²) in [6.45, 7) is 2.34. The molecule has 2 fully saturated rings. The molecule has 0 aromatic rings. The molecule has 0 radical (unpaired) electrons. The Balaban J connectivity index is 2.19. The first kappa shape index (κ1) is 15.1. The van der Waals surface area contributed by atoms with Gasteiger partial charge in [-0.05, 0) is 48.7 Å². The standard InChI is InChI=1S/C16H30S2/c1-13(18)16(12-17,14-8-4-2-5-9-14)15-10-6-3-7-11-15/h13-15,17-18H,2-12H2,1H3. The van der Waals surface area contributed by atoms with Gasteiger partial charge in [0.2, 0.25) is 0 Å². The SMILES string of the molecule is CC(S)C(CS)(C1CCCCC1)C1CCCCC1. The number of rotatable bonds is 4. The normalized spacial score (nSPS) is 26.2. The Morgan fingerprint density at radius 3 is 1.56 bits per heavy atom. The maximum Gasteiger partial charge on any atom is 0.00580 e. The molecule has 0 heterocycles. The fraction of sp³-hybridized carbons (Fsp3) is 1.00. The van der Waals surface area contributed by atoms with Crippen LogP contribution in [0.25, 0.3) is 0 Å². The molecule has 2 heteroatoms. The highest BCUT2D eigenvalue weighted by Gasteiger charge is 2.47. The molecule has 2 aliphatic carbocycles. The predicted molar refractivity (Wildman–Crippen MR) is 87.9 cm³/mol. The molecule has 2 aliphatic rings. The number of hydrogen-bond donors (Lipinski definition) is 2. The summed E-state index contributed by atoms with van der Waals surface area (Å²) in [4.78, 5) is 0. The fourth-order valence-electron chi connectivity index (χ4n) is 4.69. The smallest absolute Gasteiger partial charge is 0.00580 e. The zero-order valence-corrected chi connectivity index (χ0v) is 13.7. The quantitative estimate of drug-likeness (QED) is 0.637. The van der Waals surface area contributed by atoms with Gasteiger partial charge in [0.15, 0.2) is 0 Å². The Hall–Kier alpha value is 0.700. The molecule has 2 rings (SSSR count). The van der Waals surface area contributed by atoms with Crippen LogP contribution in [0.4, 0.5) is 0 Å². The lowest BCUT2D eigenvalue weighted by atomic mass is 9.58. The van der Waals surface area contributed by atoms with Gasteiger partial charge in [0.05, 0.1) is 0 Å². The van der Waals surface area contributed by atoms with Crippen LogP contribution in [0, 0.1) is 17.3 Å². The number of hydrogen-bond acceptors (Lipinski definition) is 2. The predicted octanol–water partition coefficient (Wildman–Crippen LogP) is 5.38. The van der Waals surface area contributed by atoms with E-state index in [1.165, 1.54) is 64.2 Å². The van der Waals surface area contributed by atoms with Gasteiger partial charge in [-0.1, -0.05) is 45.4 Å². The third-order valence-corrected chi connectivity index (χ3v) is 6.81. The Morgan fingerprint density at radius 2 is 1.28 bits per heavy atom. The maximum atomic E-state index is 4.93. The van der Waals surface area contributed by atoms with Crippen LogP contribution in [0.15, 0.2) is 0 Å². The Morgan fingerprint density at radius 1 is 0.889 bits per heavy atom. The van der Waals surface area contributed by atoms with Crippen LogP contribution in [-0.2, 0) is 0 Å². The summed E-state index contributed by atoms with van der Waals surface area (Å²) in [5.74, 6) is 2.83. The molecule has 1 unspecified atom stereocenters. The second kappa shape index (κ2) is 6.92. The van der Waals surface area contributed by atoms with E-state index in [4.69, 9.17) is 25.3 Å². The van der Waals surface area contributed by atoms with E-state index in [1.807, 2.05) is 0 Å². The highest BCUT2D eigenvalue weighted by Crippen LogP contribution is 2.52. The van der Waals surface area contributed by atoms with Gasteiger partial charge in [-0.25, -0.2) is 0 Å².